The van der Waals surface area contributed by atoms with Crippen molar-refractivity contribution in [1.29, 1.82) is 0 Å². The molecule has 104 valence electrons. The summed E-state index contributed by atoms with van der Waals surface area (Å²) in [7, 11) is 0. The maximum Gasteiger partial charge on any atom is 0.255 e. The average molecular weight is 272 g/mol. The van der Waals surface area contributed by atoms with Gasteiger partial charge in [0.05, 0.1) is 12.1 Å². The van der Waals surface area contributed by atoms with Gasteiger partial charge in [-0.3, -0.25) is 9.59 Å². The summed E-state index contributed by atoms with van der Waals surface area (Å²) in [4.78, 5) is 25.5. The first kappa shape index (κ1) is 14.1. The predicted molar refractivity (Wildman–Crippen MR) is 73.9 cm³/mol. The number of carbonyl (C=O) groups is 2. The molecule has 1 aromatic rings. The van der Waals surface area contributed by atoms with Gasteiger partial charge in [0.25, 0.3) is 5.91 Å². The Balaban J connectivity index is 2.26. The number of nitrogens with one attached hydrogen (secondary N) is 1. The summed E-state index contributed by atoms with van der Waals surface area (Å²) in [6.07, 6.45) is 0.738. The molecule has 1 heterocycles. The molecule has 1 aliphatic heterocycles. The predicted octanol–water partition coefficient (Wildman–Crippen LogP) is -0.00750. The van der Waals surface area contributed by atoms with Gasteiger partial charge >= 0.3 is 0 Å². The molecule has 0 radical (unpaired) electrons. The SMILES string of the molecule is O=C1CN(C(=O)c2ccccc2C#CCO)CCCN1. The van der Waals surface area contributed by atoms with Gasteiger partial charge in [-0.15, -0.1) is 0 Å². The lowest BCUT2D eigenvalue weighted by atomic mass is 10.1. The number of rotatable bonds is 1. The van der Waals surface area contributed by atoms with Crippen LogP contribution in [0.2, 0.25) is 0 Å². The molecule has 2 N–H and O–H groups in total. The van der Waals surface area contributed by atoms with Crippen LogP contribution in [0, 0.1) is 11.8 Å². The number of nitrogens with zero attached hydrogens (tertiary/aromatic N) is 1. The first-order valence-electron chi connectivity index (χ1n) is 6.47. The van der Waals surface area contributed by atoms with Crippen LogP contribution < -0.4 is 5.32 Å². The minimum Gasteiger partial charge on any atom is -0.384 e. The van der Waals surface area contributed by atoms with Crippen LogP contribution in [0.15, 0.2) is 24.3 Å². The van der Waals surface area contributed by atoms with Gasteiger partial charge in [0.1, 0.15) is 6.61 Å². The molecule has 1 saturated heterocycles. The molecule has 0 aliphatic carbocycles. The van der Waals surface area contributed by atoms with E-state index < -0.39 is 0 Å². The molecule has 20 heavy (non-hydrogen) atoms. The highest BCUT2D eigenvalue weighted by Gasteiger charge is 2.22. The molecule has 0 unspecified atom stereocenters. The lowest BCUT2D eigenvalue weighted by Crippen LogP contribution is -2.37. The summed E-state index contributed by atoms with van der Waals surface area (Å²) in [6.45, 7) is 0.948. The van der Waals surface area contributed by atoms with Crippen LogP contribution in [-0.2, 0) is 4.79 Å². The summed E-state index contributed by atoms with van der Waals surface area (Å²) in [5.41, 5.74) is 1.03. The van der Waals surface area contributed by atoms with E-state index >= 15 is 0 Å². The van der Waals surface area contributed by atoms with Crippen molar-refractivity contribution in [1.82, 2.24) is 10.2 Å². The second-order valence-corrected chi connectivity index (χ2v) is 4.44. The fourth-order valence-electron chi connectivity index (χ4n) is 2.06. The minimum atomic E-state index is -0.255. The number of amides is 2. The van der Waals surface area contributed by atoms with Gasteiger partial charge in [0.15, 0.2) is 0 Å². The minimum absolute atomic E-state index is 0.0700. The van der Waals surface area contributed by atoms with E-state index in [0.717, 1.165) is 6.42 Å². The number of benzene rings is 1. The highest BCUT2D eigenvalue weighted by Crippen LogP contribution is 2.12. The summed E-state index contributed by atoms with van der Waals surface area (Å²) < 4.78 is 0. The van der Waals surface area contributed by atoms with Gasteiger partial charge in [-0.05, 0) is 18.6 Å². The molecule has 1 aromatic carbocycles. The van der Waals surface area contributed by atoms with E-state index in [1.165, 1.54) is 4.90 Å². The van der Waals surface area contributed by atoms with Crippen molar-refractivity contribution in [3.05, 3.63) is 35.4 Å². The van der Waals surface area contributed by atoms with Gasteiger partial charge in [0.2, 0.25) is 5.91 Å². The maximum absolute atomic E-state index is 12.5. The van der Waals surface area contributed by atoms with E-state index in [0.29, 0.717) is 24.2 Å². The van der Waals surface area contributed by atoms with Crippen molar-refractivity contribution in [3.63, 3.8) is 0 Å². The third-order valence-corrected chi connectivity index (χ3v) is 3.01. The van der Waals surface area contributed by atoms with Crippen molar-refractivity contribution < 1.29 is 14.7 Å². The van der Waals surface area contributed by atoms with E-state index in [2.05, 4.69) is 17.2 Å². The molecular weight excluding hydrogens is 256 g/mol. The smallest absolute Gasteiger partial charge is 0.255 e. The average Bonchev–Trinajstić information content (AvgIpc) is 2.69. The molecule has 2 amide bonds. The number of carbonyl (C=O) groups excluding carboxylic acids is 2. The van der Waals surface area contributed by atoms with Crippen LogP contribution in [-0.4, -0.2) is 48.1 Å². The number of aliphatic hydroxyl groups is 1. The van der Waals surface area contributed by atoms with Crippen LogP contribution >= 0.6 is 0 Å². The largest absolute Gasteiger partial charge is 0.384 e. The van der Waals surface area contributed by atoms with Gasteiger partial charge in [0, 0.05) is 18.7 Å². The van der Waals surface area contributed by atoms with Crippen LogP contribution in [0.4, 0.5) is 0 Å². The Morgan fingerprint density at radius 2 is 2.20 bits per heavy atom. The number of hydrogen-bond donors (Lipinski definition) is 2. The second kappa shape index (κ2) is 6.73. The van der Waals surface area contributed by atoms with Crippen LogP contribution in [0.25, 0.3) is 0 Å². The molecule has 1 fully saturated rings. The van der Waals surface area contributed by atoms with Crippen molar-refractivity contribution >= 4 is 11.8 Å². The lowest BCUT2D eigenvalue weighted by Gasteiger charge is -2.19. The normalized spacial score (nSPS) is 14.8. The molecule has 0 saturated carbocycles. The topological polar surface area (TPSA) is 69.6 Å². The molecule has 5 nitrogen and oxygen atoms in total. The molecule has 1 aliphatic rings. The zero-order valence-electron chi connectivity index (χ0n) is 11.1. The van der Waals surface area contributed by atoms with E-state index in [4.69, 9.17) is 5.11 Å². The van der Waals surface area contributed by atoms with E-state index in [1.54, 1.807) is 24.3 Å². The van der Waals surface area contributed by atoms with Gasteiger partial charge in [-0.2, -0.15) is 0 Å². The summed E-state index contributed by atoms with van der Waals surface area (Å²) in [5.74, 6) is 4.95. The third-order valence-electron chi connectivity index (χ3n) is 3.01. The zero-order chi connectivity index (χ0) is 14.4. The summed E-state index contributed by atoms with van der Waals surface area (Å²) in [5, 5.41) is 11.5. The van der Waals surface area contributed by atoms with Gasteiger partial charge in [-0.25, -0.2) is 0 Å². The Morgan fingerprint density at radius 1 is 1.40 bits per heavy atom. The molecule has 0 aromatic heterocycles. The van der Waals surface area contributed by atoms with E-state index in [1.807, 2.05) is 0 Å². The standard InChI is InChI=1S/C15H16N2O3/c18-10-3-6-12-5-1-2-7-13(12)15(20)17-9-4-8-16-14(19)11-17/h1-2,5,7,18H,4,8-11H2,(H,16,19). The first-order chi connectivity index (χ1) is 9.72. The van der Waals surface area contributed by atoms with Crippen LogP contribution in [0.1, 0.15) is 22.3 Å². The molecule has 0 atom stereocenters. The summed E-state index contributed by atoms with van der Waals surface area (Å²) >= 11 is 0. The zero-order valence-corrected chi connectivity index (χ0v) is 11.1. The molecule has 2 rings (SSSR count). The maximum atomic E-state index is 12.5. The number of aliphatic hydroxyl groups excluding tert-OH is 1. The highest BCUT2D eigenvalue weighted by atomic mass is 16.2. The fraction of sp³-hybridized carbons (Fsp3) is 0.333. The lowest BCUT2D eigenvalue weighted by molar-refractivity contribution is -0.121. The molecule has 5 heteroatoms. The monoisotopic (exact) mass is 272 g/mol. The molecule has 0 bridgehead atoms. The number of hydrogen-bond acceptors (Lipinski definition) is 3. The van der Waals surface area contributed by atoms with Crippen LogP contribution in [0.5, 0.6) is 0 Å². The fourth-order valence-corrected chi connectivity index (χ4v) is 2.06. The van der Waals surface area contributed by atoms with Crippen LogP contribution in [0.3, 0.4) is 0 Å². The van der Waals surface area contributed by atoms with Gasteiger partial charge in [-0.1, -0.05) is 24.0 Å². The third kappa shape index (κ3) is 3.37. The van der Waals surface area contributed by atoms with Crippen molar-refractivity contribution in [3.8, 4) is 11.8 Å². The Bertz CT molecular complexity index is 572. The van der Waals surface area contributed by atoms with E-state index in [-0.39, 0.29) is 25.0 Å². The Hall–Kier alpha value is -2.32. The first-order valence-corrected chi connectivity index (χ1v) is 6.47. The van der Waals surface area contributed by atoms with Crippen molar-refractivity contribution in [2.24, 2.45) is 0 Å². The van der Waals surface area contributed by atoms with Crippen molar-refractivity contribution in [2.45, 2.75) is 6.42 Å². The second-order valence-electron chi connectivity index (χ2n) is 4.44. The van der Waals surface area contributed by atoms with Gasteiger partial charge < -0.3 is 15.3 Å². The summed E-state index contributed by atoms with van der Waals surface area (Å²) in [6, 6.07) is 6.96. The Kier molecular flexibility index (Phi) is 4.75. The molecular formula is C15H16N2O3. The Morgan fingerprint density at radius 3 is 3.00 bits per heavy atom. The Labute approximate surface area is 117 Å². The van der Waals surface area contributed by atoms with E-state index in [9.17, 15) is 9.59 Å². The molecule has 0 spiro atoms. The quantitative estimate of drug-likeness (QED) is 0.707. The van der Waals surface area contributed by atoms with Crippen molar-refractivity contribution in [2.75, 3.05) is 26.2 Å². The highest BCUT2D eigenvalue weighted by molar-refractivity contribution is 5.98.